The van der Waals surface area contributed by atoms with Gasteiger partial charge in [0.25, 0.3) is 0 Å². The van der Waals surface area contributed by atoms with Crippen molar-refractivity contribution in [3.05, 3.63) is 29.3 Å². The normalized spacial score (nSPS) is 11.9. The fourth-order valence-corrected chi connectivity index (χ4v) is 2.15. The Kier molecular flexibility index (Phi) is 3.62. The summed E-state index contributed by atoms with van der Waals surface area (Å²) in [5, 5.41) is 0.703. The van der Waals surface area contributed by atoms with Crippen LogP contribution in [0.3, 0.4) is 0 Å². The summed E-state index contributed by atoms with van der Waals surface area (Å²) >= 11 is 6.03. The molecule has 0 bridgehead atoms. The van der Waals surface area contributed by atoms with Gasteiger partial charge in [0.1, 0.15) is 5.75 Å². The van der Waals surface area contributed by atoms with Crippen molar-refractivity contribution in [1.82, 2.24) is 0 Å². The van der Waals surface area contributed by atoms with Gasteiger partial charge in [0.15, 0.2) is 0 Å². The monoisotopic (exact) mass is 228 g/mol. The van der Waals surface area contributed by atoms with Crippen LogP contribution in [0, 0.1) is 0 Å². The van der Waals surface area contributed by atoms with Gasteiger partial charge in [-0.2, -0.15) is 0 Å². The second kappa shape index (κ2) is 4.37. The van der Waals surface area contributed by atoms with Gasteiger partial charge in [0.05, 0.1) is 5.02 Å². The van der Waals surface area contributed by atoms with E-state index in [-0.39, 0.29) is 0 Å². The summed E-state index contributed by atoms with van der Waals surface area (Å²) in [6.07, 6.45) is 0. The van der Waals surface area contributed by atoms with Crippen LogP contribution in [-0.4, -0.2) is 8.32 Å². The van der Waals surface area contributed by atoms with Gasteiger partial charge in [-0.3, -0.25) is 0 Å². The van der Waals surface area contributed by atoms with Gasteiger partial charge in [-0.05, 0) is 30.8 Å². The van der Waals surface area contributed by atoms with Crippen LogP contribution in [0.25, 0.3) is 0 Å². The summed E-state index contributed by atoms with van der Waals surface area (Å²) < 4.78 is 6.00. The van der Waals surface area contributed by atoms with E-state index in [0.29, 0.717) is 10.6 Å². The minimum absolute atomic E-state index is 0.582. The molecule has 14 heavy (non-hydrogen) atoms. The van der Waals surface area contributed by atoms with E-state index in [0.717, 1.165) is 5.75 Å². The summed E-state index contributed by atoms with van der Waals surface area (Å²) in [6, 6.07) is 7.66. The summed E-state index contributed by atoms with van der Waals surface area (Å²) in [5.41, 5.74) is 0.582. The second-order valence-corrected chi connectivity index (χ2v) is 9.26. The van der Waals surface area contributed by atoms with Crippen LogP contribution < -0.4 is 4.43 Å². The first-order valence-electron chi connectivity index (χ1n) is 4.87. The van der Waals surface area contributed by atoms with Crippen LogP contribution >= 0.6 is 11.6 Å². The van der Waals surface area contributed by atoms with Gasteiger partial charge >= 0.3 is 0 Å². The minimum Gasteiger partial charge on any atom is -0.543 e. The Morgan fingerprint density at radius 1 is 1.21 bits per heavy atom. The van der Waals surface area contributed by atoms with Crippen molar-refractivity contribution in [3.8, 4) is 5.75 Å². The van der Waals surface area contributed by atoms with Gasteiger partial charge in [-0.25, -0.2) is 0 Å². The highest BCUT2D eigenvalue weighted by molar-refractivity contribution is 6.73. The van der Waals surface area contributed by atoms with E-state index in [1.807, 2.05) is 24.3 Å². The molecule has 1 rings (SSSR count). The molecule has 0 saturated heterocycles. The highest BCUT2D eigenvalue weighted by Gasteiger charge is 2.29. The summed E-state index contributed by atoms with van der Waals surface area (Å²) in [7, 11) is -1.64. The molecule has 0 N–H and O–H groups in total. The number of hydrogen-bond acceptors (Lipinski definition) is 1. The van der Waals surface area contributed by atoms with Crippen molar-refractivity contribution >= 4 is 19.9 Å². The Hall–Kier alpha value is -0.473. The van der Waals surface area contributed by atoms with Gasteiger partial charge in [-0.1, -0.05) is 37.6 Å². The summed E-state index contributed by atoms with van der Waals surface area (Å²) in [5.74, 6) is 0.819. The molecule has 0 aliphatic carbocycles. The van der Waals surface area contributed by atoms with E-state index < -0.39 is 8.32 Å². The van der Waals surface area contributed by atoms with Crippen LogP contribution in [0.4, 0.5) is 0 Å². The largest absolute Gasteiger partial charge is 0.543 e. The quantitative estimate of drug-likeness (QED) is 0.700. The maximum absolute atomic E-state index is 6.03. The molecule has 1 aromatic carbocycles. The van der Waals surface area contributed by atoms with E-state index >= 15 is 0 Å². The van der Waals surface area contributed by atoms with Crippen LogP contribution in [0.5, 0.6) is 5.75 Å². The number of benzene rings is 1. The molecule has 0 aliphatic rings. The Morgan fingerprint density at radius 3 is 2.29 bits per heavy atom. The molecular formula is C11H17ClOSi. The highest BCUT2D eigenvalue weighted by atomic mass is 35.5. The third-order valence-electron chi connectivity index (χ3n) is 2.60. The van der Waals surface area contributed by atoms with Gasteiger partial charge in [0, 0.05) is 0 Å². The molecule has 0 heterocycles. The molecule has 0 aromatic heterocycles. The third-order valence-corrected chi connectivity index (χ3v) is 6.44. The topological polar surface area (TPSA) is 9.23 Å². The predicted molar refractivity (Wildman–Crippen MR) is 64.7 cm³/mol. The summed E-state index contributed by atoms with van der Waals surface area (Å²) in [6.45, 7) is 8.81. The Labute approximate surface area is 92.2 Å². The lowest BCUT2D eigenvalue weighted by molar-refractivity contribution is 0.533. The third kappa shape index (κ3) is 2.76. The molecule has 1 nitrogen and oxygen atoms in total. The van der Waals surface area contributed by atoms with E-state index in [9.17, 15) is 0 Å². The molecular weight excluding hydrogens is 212 g/mol. The lowest BCUT2D eigenvalue weighted by atomic mass is 10.3. The smallest absolute Gasteiger partial charge is 0.247 e. The SMILES string of the molecule is CC(C)[Si](C)(C)Oc1ccccc1Cl. The first-order chi connectivity index (χ1) is 6.43. The fourth-order valence-electron chi connectivity index (χ4n) is 0.929. The van der Waals surface area contributed by atoms with Crippen molar-refractivity contribution in [3.63, 3.8) is 0 Å². The molecule has 0 spiro atoms. The van der Waals surface area contributed by atoms with Gasteiger partial charge in [-0.15, -0.1) is 0 Å². The zero-order chi connectivity index (χ0) is 10.8. The Morgan fingerprint density at radius 2 is 1.79 bits per heavy atom. The van der Waals surface area contributed by atoms with Crippen molar-refractivity contribution in [1.29, 1.82) is 0 Å². The molecule has 3 heteroatoms. The molecule has 1 aromatic rings. The van der Waals surface area contributed by atoms with E-state index in [1.165, 1.54) is 0 Å². The Bertz CT molecular complexity index is 310. The first-order valence-corrected chi connectivity index (χ1v) is 8.23. The van der Waals surface area contributed by atoms with Gasteiger partial charge in [0.2, 0.25) is 8.32 Å². The lowest BCUT2D eigenvalue weighted by Gasteiger charge is -2.28. The molecule has 0 amide bonds. The predicted octanol–water partition coefficient (Wildman–Crippen LogP) is 4.33. The molecule has 0 saturated carbocycles. The number of rotatable bonds is 3. The Balaban J connectivity index is 2.84. The lowest BCUT2D eigenvalue weighted by Crippen LogP contribution is -2.37. The maximum atomic E-state index is 6.03. The average Bonchev–Trinajstić information content (AvgIpc) is 2.08. The minimum atomic E-state index is -1.64. The van der Waals surface area contributed by atoms with E-state index in [2.05, 4.69) is 26.9 Å². The summed E-state index contributed by atoms with van der Waals surface area (Å²) in [4.78, 5) is 0. The van der Waals surface area contributed by atoms with E-state index in [1.54, 1.807) is 0 Å². The molecule has 0 fully saturated rings. The maximum Gasteiger partial charge on any atom is 0.247 e. The zero-order valence-electron chi connectivity index (χ0n) is 9.17. The van der Waals surface area contributed by atoms with Gasteiger partial charge < -0.3 is 4.43 Å². The molecule has 78 valence electrons. The van der Waals surface area contributed by atoms with Crippen LogP contribution in [0.1, 0.15) is 13.8 Å². The highest BCUT2D eigenvalue weighted by Crippen LogP contribution is 2.30. The molecule has 0 aliphatic heterocycles. The molecule has 0 unspecified atom stereocenters. The number of halogens is 1. The molecule has 0 atom stereocenters. The van der Waals surface area contributed by atoms with E-state index in [4.69, 9.17) is 16.0 Å². The number of hydrogen-bond donors (Lipinski definition) is 0. The zero-order valence-corrected chi connectivity index (χ0v) is 10.9. The average molecular weight is 229 g/mol. The van der Waals surface area contributed by atoms with Crippen molar-refractivity contribution in [2.75, 3.05) is 0 Å². The molecule has 0 radical (unpaired) electrons. The first kappa shape index (κ1) is 11.6. The van der Waals surface area contributed by atoms with Crippen molar-refractivity contribution in [2.45, 2.75) is 32.5 Å². The van der Waals surface area contributed by atoms with Crippen LogP contribution in [-0.2, 0) is 0 Å². The second-order valence-electron chi connectivity index (χ2n) is 4.29. The standard InChI is InChI=1S/C11H17ClOSi/c1-9(2)14(3,4)13-11-8-6-5-7-10(11)12/h5-9H,1-4H3. The van der Waals surface area contributed by atoms with Crippen molar-refractivity contribution in [2.24, 2.45) is 0 Å². The van der Waals surface area contributed by atoms with Crippen LogP contribution in [0.15, 0.2) is 24.3 Å². The fraction of sp³-hybridized carbons (Fsp3) is 0.455. The van der Waals surface area contributed by atoms with Crippen LogP contribution in [0.2, 0.25) is 23.7 Å². The number of para-hydroxylation sites is 1. The van der Waals surface area contributed by atoms with Crippen molar-refractivity contribution < 1.29 is 4.43 Å².